The summed E-state index contributed by atoms with van der Waals surface area (Å²) in [5, 5.41) is 12.9. The fourth-order valence-electron chi connectivity index (χ4n) is 2.43. The second-order valence-electron chi connectivity index (χ2n) is 5.31. The van der Waals surface area contributed by atoms with E-state index in [-0.39, 0.29) is 30.1 Å². The van der Waals surface area contributed by atoms with E-state index in [4.69, 9.17) is 4.74 Å². The number of nitrogens with zero attached hydrogens (tertiary/aromatic N) is 2. The highest BCUT2D eigenvalue weighted by Crippen LogP contribution is 2.11. The molecule has 2 rings (SSSR count). The van der Waals surface area contributed by atoms with E-state index in [1.807, 2.05) is 0 Å². The van der Waals surface area contributed by atoms with E-state index >= 15 is 0 Å². The van der Waals surface area contributed by atoms with Crippen LogP contribution in [0.15, 0.2) is 29.3 Å². The van der Waals surface area contributed by atoms with Gasteiger partial charge in [-0.15, -0.1) is 24.0 Å². The zero-order valence-electron chi connectivity index (χ0n) is 13.3. The molecule has 1 aliphatic rings. The van der Waals surface area contributed by atoms with E-state index in [9.17, 15) is 5.11 Å². The van der Waals surface area contributed by atoms with Crippen LogP contribution >= 0.6 is 24.0 Å². The number of hydrogen-bond acceptors (Lipinski definition) is 3. The van der Waals surface area contributed by atoms with Crippen LogP contribution in [0.2, 0.25) is 0 Å². The second kappa shape index (κ2) is 10.0. The maximum atomic E-state index is 9.65. The summed E-state index contributed by atoms with van der Waals surface area (Å²) in [5.74, 6) is 0.884. The highest BCUT2D eigenvalue weighted by molar-refractivity contribution is 14.0. The van der Waals surface area contributed by atoms with Crippen molar-refractivity contribution in [2.75, 3.05) is 26.7 Å². The molecular weight excluding hydrogens is 393 g/mol. The Morgan fingerprint density at radius 3 is 2.59 bits per heavy atom. The standard InChI is InChI=1S/C16H25N3O2.HI/c1-3-17-16(19-9-8-15(20)11-19)18-10-13-4-6-14(7-5-13)12-21-2;/h4-7,15,20H,3,8-12H2,1-2H3,(H,17,18);1H/t15-;/m1./s1. The first-order valence-electron chi connectivity index (χ1n) is 7.51. The van der Waals surface area contributed by atoms with Gasteiger partial charge in [0, 0.05) is 26.7 Å². The summed E-state index contributed by atoms with van der Waals surface area (Å²) in [4.78, 5) is 6.78. The van der Waals surface area contributed by atoms with Crippen LogP contribution in [-0.2, 0) is 17.9 Å². The zero-order valence-corrected chi connectivity index (χ0v) is 15.6. The van der Waals surface area contributed by atoms with Gasteiger partial charge in [0.1, 0.15) is 0 Å². The van der Waals surface area contributed by atoms with Crippen LogP contribution in [0, 0.1) is 0 Å². The van der Waals surface area contributed by atoms with Gasteiger partial charge in [-0.2, -0.15) is 0 Å². The van der Waals surface area contributed by atoms with Crippen molar-refractivity contribution >= 4 is 29.9 Å². The zero-order chi connectivity index (χ0) is 15.1. The number of likely N-dealkylation sites (tertiary alicyclic amines) is 1. The molecule has 0 aliphatic carbocycles. The maximum Gasteiger partial charge on any atom is 0.194 e. The minimum absolute atomic E-state index is 0. The number of guanidine groups is 1. The monoisotopic (exact) mass is 419 g/mol. The molecule has 0 amide bonds. The predicted octanol–water partition coefficient (Wildman–Crippen LogP) is 1.98. The summed E-state index contributed by atoms with van der Waals surface area (Å²) in [5.41, 5.74) is 2.34. The van der Waals surface area contributed by atoms with Crippen LogP contribution in [0.25, 0.3) is 0 Å². The van der Waals surface area contributed by atoms with E-state index < -0.39 is 0 Å². The number of rotatable bonds is 5. The molecule has 0 bridgehead atoms. The van der Waals surface area contributed by atoms with Gasteiger partial charge < -0.3 is 20.1 Å². The SMILES string of the molecule is CCNC(=NCc1ccc(COC)cc1)N1CC[C@@H](O)C1.I. The number of nitrogens with one attached hydrogen (secondary N) is 1. The summed E-state index contributed by atoms with van der Waals surface area (Å²) in [6.07, 6.45) is 0.582. The Labute approximate surface area is 149 Å². The molecule has 0 radical (unpaired) electrons. The number of aliphatic imine (C=N–C) groups is 1. The molecule has 0 saturated carbocycles. The van der Waals surface area contributed by atoms with Crippen molar-refractivity contribution in [2.24, 2.45) is 4.99 Å². The first kappa shape index (κ1) is 19.2. The fourth-order valence-corrected chi connectivity index (χ4v) is 2.43. The van der Waals surface area contributed by atoms with Crippen LogP contribution in [0.4, 0.5) is 0 Å². The summed E-state index contributed by atoms with van der Waals surface area (Å²) in [7, 11) is 1.70. The Bertz CT molecular complexity index is 465. The average molecular weight is 419 g/mol. The lowest BCUT2D eigenvalue weighted by Gasteiger charge is -2.20. The fraction of sp³-hybridized carbons (Fsp3) is 0.562. The Hall–Kier alpha value is -0.860. The second-order valence-corrected chi connectivity index (χ2v) is 5.31. The van der Waals surface area contributed by atoms with E-state index in [0.717, 1.165) is 25.5 Å². The van der Waals surface area contributed by atoms with Gasteiger partial charge in [0.15, 0.2) is 5.96 Å². The first-order chi connectivity index (χ1) is 10.2. The number of aliphatic hydroxyl groups excluding tert-OH is 1. The smallest absolute Gasteiger partial charge is 0.194 e. The third-order valence-electron chi connectivity index (χ3n) is 3.54. The number of halogens is 1. The van der Waals surface area contributed by atoms with Gasteiger partial charge in [-0.1, -0.05) is 24.3 Å². The molecule has 0 spiro atoms. The molecule has 1 aromatic carbocycles. The lowest BCUT2D eigenvalue weighted by atomic mass is 10.1. The molecule has 1 heterocycles. The molecule has 0 aromatic heterocycles. The van der Waals surface area contributed by atoms with Gasteiger partial charge in [0.2, 0.25) is 0 Å². The molecule has 1 aromatic rings. The average Bonchev–Trinajstić information content (AvgIpc) is 2.92. The molecule has 1 aliphatic heterocycles. The third-order valence-corrected chi connectivity index (χ3v) is 3.54. The van der Waals surface area contributed by atoms with E-state index in [1.54, 1.807) is 7.11 Å². The molecular formula is C16H26IN3O2. The van der Waals surface area contributed by atoms with E-state index in [0.29, 0.717) is 19.7 Å². The van der Waals surface area contributed by atoms with Gasteiger partial charge in [0.05, 0.1) is 19.3 Å². The van der Waals surface area contributed by atoms with Gasteiger partial charge in [0.25, 0.3) is 0 Å². The van der Waals surface area contributed by atoms with Crippen LogP contribution in [0.3, 0.4) is 0 Å². The Balaban J connectivity index is 0.00000242. The van der Waals surface area contributed by atoms with Gasteiger partial charge >= 0.3 is 0 Å². The minimum atomic E-state index is -0.234. The number of β-amino-alcohol motifs (C(OH)–C–C–N with tert-alkyl or cyclic N) is 1. The summed E-state index contributed by atoms with van der Waals surface area (Å²) in [6, 6.07) is 8.31. The van der Waals surface area contributed by atoms with Crippen LogP contribution in [-0.4, -0.2) is 48.8 Å². The molecule has 124 valence electrons. The number of aliphatic hydroxyl groups is 1. The highest BCUT2D eigenvalue weighted by atomic mass is 127. The summed E-state index contributed by atoms with van der Waals surface area (Å²) < 4.78 is 5.11. The summed E-state index contributed by atoms with van der Waals surface area (Å²) >= 11 is 0. The number of methoxy groups -OCH3 is 1. The van der Waals surface area contributed by atoms with Gasteiger partial charge in [-0.3, -0.25) is 0 Å². The van der Waals surface area contributed by atoms with Gasteiger partial charge in [-0.05, 0) is 24.5 Å². The van der Waals surface area contributed by atoms with Crippen LogP contribution < -0.4 is 5.32 Å². The lowest BCUT2D eigenvalue weighted by Crippen LogP contribution is -2.40. The minimum Gasteiger partial charge on any atom is -0.391 e. The largest absolute Gasteiger partial charge is 0.391 e. The Morgan fingerprint density at radius 1 is 1.36 bits per heavy atom. The number of ether oxygens (including phenoxy) is 1. The predicted molar refractivity (Wildman–Crippen MR) is 99.6 cm³/mol. The van der Waals surface area contributed by atoms with E-state index in [2.05, 4.69) is 46.4 Å². The molecule has 1 atom stereocenters. The van der Waals surface area contributed by atoms with Crippen molar-refractivity contribution in [1.82, 2.24) is 10.2 Å². The maximum absolute atomic E-state index is 9.65. The molecule has 5 nitrogen and oxygen atoms in total. The van der Waals surface area contributed by atoms with Crippen molar-refractivity contribution < 1.29 is 9.84 Å². The normalized spacial score (nSPS) is 18.2. The first-order valence-corrected chi connectivity index (χ1v) is 7.51. The molecule has 1 fully saturated rings. The third kappa shape index (κ3) is 5.73. The van der Waals surface area contributed by atoms with Crippen molar-refractivity contribution in [3.63, 3.8) is 0 Å². The van der Waals surface area contributed by atoms with E-state index in [1.165, 1.54) is 11.1 Å². The molecule has 6 heteroatoms. The number of hydrogen-bond donors (Lipinski definition) is 2. The van der Waals surface area contributed by atoms with Crippen molar-refractivity contribution in [2.45, 2.75) is 32.6 Å². The Kier molecular flexibility index (Phi) is 8.74. The Morgan fingerprint density at radius 2 is 2.05 bits per heavy atom. The van der Waals surface area contributed by atoms with Crippen LogP contribution in [0.5, 0.6) is 0 Å². The van der Waals surface area contributed by atoms with Crippen molar-refractivity contribution in [3.8, 4) is 0 Å². The molecule has 0 unspecified atom stereocenters. The molecule has 1 saturated heterocycles. The molecule has 22 heavy (non-hydrogen) atoms. The highest BCUT2D eigenvalue weighted by Gasteiger charge is 2.22. The quantitative estimate of drug-likeness (QED) is 0.436. The van der Waals surface area contributed by atoms with Crippen molar-refractivity contribution in [3.05, 3.63) is 35.4 Å². The molecule has 2 N–H and O–H groups in total. The van der Waals surface area contributed by atoms with Gasteiger partial charge in [-0.25, -0.2) is 4.99 Å². The summed E-state index contributed by atoms with van der Waals surface area (Å²) in [6.45, 7) is 5.69. The lowest BCUT2D eigenvalue weighted by molar-refractivity contribution is 0.185. The number of benzene rings is 1. The topological polar surface area (TPSA) is 57.1 Å². The van der Waals surface area contributed by atoms with Crippen molar-refractivity contribution in [1.29, 1.82) is 0 Å². The van der Waals surface area contributed by atoms with Crippen LogP contribution in [0.1, 0.15) is 24.5 Å².